The summed E-state index contributed by atoms with van der Waals surface area (Å²) >= 11 is 0. The molecule has 0 fully saturated rings. The largest absolute Gasteiger partial charge is 0.493 e. The number of hydrogen-bond acceptors (Lipinski definition) is 5. The third kappa shape index (κ3) is 5.29. The highest BCUT2D eigenvalue weighted by atomic mass is 16.5. The number of hydrogen-bond donors (Lipinski definition) is 1. The second kappa shape index (κ2) is 8.99. The van der Waals surface area contributed by atoms with E-state index in [1.807, 2.05) is 30.3 Å². The first-order valence-electron chi connectivity index (χ1n) is 7.54. The minimum atomic E-state index is -0.778. The number of ether oxygens (including phenoxy) is 3. The average molecular weight is 338 g/mol. The van der Waals surface area contributed by atoms with Gasteiger partial charge in [-0.05, 0) is 35.9 Å². The van der Waals surface area contributed by atoms with Crippen LogP contribution in [0.5, 0.6) is 17.2 Å². The molecule has 0 unspecified atom stereocenters. The predicted molar refractivity (Wildman–Crippen MR) is 93.2 cm³/mol. The normalized spacial score (nSPS) is 10.6. The van der Waals surface area contributed by atoms with Crippen molar-refractivity contribution in [2.24, 2.45) is 5.73 Å². The molecule has 0 bridgehead atoms. The van der Waals surface area contributed by atoms with Gasteiger partial charge in [-0.15, -0.1) is 0 Å². The number of rotatable bonds is 8. The lowest BCUT2D eigenvalue weighted by molar-refractivity contribution is -0.114. The van der Waals surface area contributed by atoms with E-state index >= 15 is 0 Å². The fourth-order valence-electron chi connectivity index (χ4n) is 2.05. The number of benzene rings is 2. The lowest BCUT2D eigenvalue weighted by Crippen LogP contribution is -2.12. The van der Waals surface area contributed by atoms with Crippen LogP contribution in [-0.2, 0) is 4.79 Å². The molecule has 0 heterocycles. The maximum absolute atomic E-state index is 11.1. The van der Waals surface area contributed by atoms with E-state index in [9.17, 15) is 4.79 Å². The first-order valence-corrected chi connectivity index (χ1v) is 7.54. The molecule has 1 amide bonds. The molecule has 0 aliphatic heterocycles. The SMILES string of the molecule is COc1cc(/C=C(\C#N)C(N)=O)ccc1OCCOc1ccccc1. The Morgan fingerprint density at radius 1 is 1.12 bits per heavy atom. The molecule has 25 heavy (non-hydrogen) atoms. The highest BCUT2D eigenvalue weighted by Gasteiger charge is 2.08. The van der Waals surface area contributed by atoms with Crippen LogP contribution in [0.2, 0.25) is 0 Å². The molecule has 0 radical (unpaired) electrons. The molecule has 2 rings (SSSR count). The van der Waals surface area contributed by atoms with E-state index in [1.165, 1.54) is 13.2 Å². The smallest absolute Gasteiger partial charge is 0.259 e. The summed E-state index contributed by atoms with van der Waals surface area (Å²) in [5.41, 5.74) is 5.60. The Kier molecular flexibility index (Phi) is 6.43. The number of primary amides is 1. The molecule has 0 saturated carbocycles. The Morgan fingerprint density at radius 3 is 2.48 bits per heavy atom. The number of nitrogens with zero attached hydrogens (tertiary/aromatic N) is 1. The van der Waals surface area contributed by atoms with Gasteiger partial charge >= 0.3 is 0 Å². The van der Waals surface area contributed by atoms with Gasteiger partial charge in [-0.2, -0.15) is 5.26 Å². The van der Waals surface area contributed by atoms with E-state index in [2.05, 4.69) is 0 Å². The van der Waals surface area contributed by atoms with Crippen molar-refractivity contribution >= 4 is 12.0 Å². The number of para-hydroxylation sites is 1. The summed E-state index contributed by atoms with van der Waals surface area (Å²) in [6.07, 6.45) is 1.40. The van der Waals surface area contributed by atoms with E-state index in [0.29, 0.717) is 30.3 Å². The summed E-state index contributed by atoms with van der Waals surface area (Å²) < 4.78 is 16.5. The summed E-state index contributed by atoms with van der Waals surface area (Å²) in [5.74, 6) is 1.01. The summed E-state index contributed by atoms with van der Waals surface area (Å²) in [4.78, 5) is 11.1. The first-order chi connectivity index (χ1) is 12.1. The lowest BCUT2D eigenvalue weighted by Gasteiger charge is -2.12. The van der Waals surface area contributed by atoms with Crippen molar-refractivity contribution in [3.05, 3.63) is 59.7 Å². The third-order valence-electron chi connectivity index (χ3n) is 3.24. The van der Waals surface area contributed by atoms with Gasteiger partial charge in [0, 0.05) is 0 Å². The predicted octanol–water partition coefficient (Wildman–Crippen LogP) is 2.55. The highest BCUT2D eigenvalue weighted by molar-refractivity contribution is 6.00. The Hall–Kier alpha value is -3.46. The number of methoxy groups -OCH3 is 1. The van der Waals surface area contributed by atoms with E-state index < -0.39 is 5.91 Å². The van der Waals surface area contributed by atoms with Crippen LogP contribution >= 0.6 is 0 Å². The van der Waals surface area contributed by atoms with Crippen LogP contribution < -0.4 is 19.9 Å². The lowest BCUT2D eigenvalue weighted by atomic mass is 10.1. The van der Waals surface area contributed by atoms with Crippen molar-refractivity contribution in [2.75, 3.05) is 20.3 Å². The Morgan fingerprint density at radius 2 is 1.84 bits per heavy atom. The van der Waals surface area contributed by atoms with Crippen molar-refractivity contribution in [2.45, 2.75) is 0 Å². The quantitative estimate of drug-likeness (QED) is 0.453. The van der Waals surface area contributed by atoms with E-state index in [0.717, 1.165) is 5.75 Å². The van der Waals surface area contributed by atoms with Crippen molar-refractivity contribution in [3.63, 3.8) is 0 Å². The van der Waals surface area contributed by atoms with Gasteiger partial charge in [0.05, 0.1) is 7.11 Å². The van der Waals surface area contributed by atoms with Crippen LogP contribution in [0.1, 0.15) is 5.56 Å². The zero-order valence-electron chi connectivity index (χ0n) is 13.8. The van der Waals surface area contributed by atoms with Gasteiger partial charge in [0.25, 0.3) is 5.91 Å². The Balaban J connectivity index is 1.99. The summed E-state index contributed by atoms with van der Waals surface area (Å²) in [5, 5.41) is 8.89. The van der Waals surface area contributed by atoms with Gasteiger partial charge in [-0.1, -0.05) is 24.3 Å². The standard InChI is InChI=1S/C19H18N2O4/c1-23-18-12-14(11-15(13-20)19(21)22)7-8-17(18)25-10-9-24-16-5-3-2-4-6-16/h2-8,11-12H,9-10H2,1H3,(H2,21,22)/b15-11+. The molecule has 0 spiro atoms. The monoisotopic (exact) mass is 338 g/mol. The van der Waals surface area contributed by atoms with Gasteiger partial charge in [0.15, 0.2) is 11.5 Å². The van der Waals surface area contributed by atoms with Crippen molar-refractivity contribution < 1.29 is 19.0 Å². The number of amides is 1. The molecule has 2 aromatic rings. The molecule has 6 heteroatoms. The van der Waals surface area contributed by atoms with Gasteiger partial charge in [-0.3, -0.25) is 4.79 Å². The average Bonchev–Trinajstić information content (AvgIpc) is 2.64. The second-order valence-corrected chi connectivity index (χ2v) is 4.95. The molecule has 0 aliphatic rings. The van der Waals surface area contributed by atoms with Gasteiger partial charge < -0.3 is 19.9 Å². The van der Waals surface area contributed by atoms with E-state index in [4.69, 9.17) is 25.2 Å². The molecule has 128 valence electrons. The second-order valence-electron chi connectivity index (χ2n) is 4.95. The van der Waals surface area contributed by atoms with Crippen molar-refractivity contribution in [1.82, 2.24) is 0 Å². The number of nitriles is 1. The van der Waals surface area contributed by atoms with Crippen LogP contribution in [0.4, 0.5) is 0 Å². The molecule has 0 aliphatic carbocycles. The number of carbonyl (C=O) groups excluding carboxylic acids is 1. The van der Waals surface area contributed by atoms with Crippen LogP contribution in [0.3, 0.4) is 0 Å². The van der Waals surface area contributed by atoms with Crippen LogP contribution in [0.15, 0.2) is 54.1 Å². The van der Waals surface area contributed by atoms with Gasteiger partial charge in [-0.25, -0.2) is 0 Å². The topological polar surface area (TPSA) is 94.6 Å². The van der Waals surface area contributed by atoms with E-state index in [1.54, 1.807) is 24.3 Å². The minimum Gasteiger partial charge on any atom is -0.493 e. The molecule has 0 saturated heterocycles. The number of nitrogens with two attached hydrogens (primary N) is 1. The zero-order valence-corrected chi connectivity index (χ0v) is 13.8. The minimum absolute atomic E-state index is 0.132. The highest BCUT2D eigenvalue weighted by Crippen LogP contribution is 2.29. The maximum atomic E-state index is 11.1. The molecule has 0 aromatic heterocycles. The molecular weight excluding hydrogens is 320 g/mol. The van der Waals surface area contributed by atoms with Crippen LogP contribution in [-0.4, -0.2) is 26.2 Å². The number of carbonyl (C=O) groups is 1. The molecule has 6 nitrogen and oxygen atoms in total. The Bertz CT molecular complexity index is 795. The van der Waals surface area contributed by atoms with Crippen molar-refractivity contribution in [3.8, 4) is 23.3 Å². The molecule has 2 aromatic carbocycles. The fraction of sp³-hybridized carbons (Fsp3) is 0.158. The zero-order chi connectivity index (χ0) is 18.1. The summed E-state index contributed by atoms with van der Waals surface area (Å²) in [6.45, 7) is 0.722. The summed E-state index contributed by atoms with van der Waals surface area (Å²) in [7, 11) is 1.51. The molecular formula is C19H18N2O4. The van der Waals surface area contributed by atoms with Crippen LogP contribution in [0.25, 0.3) is 6.08 Å². The maximum Gasteiger partial charge on any atom is 0.259 e. The first kappa shape index (κ1) is 17.9. The molecule has 0 atom stereocenters. The fourth-order valence-corrected chi connectivity index (χ4v) is 2.05. The Labute approximate surface area is 146 Å². The third-order valence-corrected chi connectivity index (χ3v) is 3.24. The van der Waals surface area contributed by atoms with E-state index in [-0.39, 0.29) is 5.57 Å². The summed E-state index contributed by atoms with van der Waals surface area (Å²) in [6, 6.07) is 16.3. The molecule has 2 N–H and O–H groups in total. The van der Waals surface area contributed by atoms with Crippen LogP contribution in [0, 0.1) is 11.3 Å². The van der Waals surface area contributed by atoms with Gasteiger partial charge in [0.1, 0.15) is 30.6 Å². The van der Waals surface area contributed by atoms with Gasteiger partial charge in [0.2, 0.25) is 0 Å². The van der Waals surface area contributed by atoms with Crippen molar-refractivity contribution in [1.29, 1.82) is 5.26 Å².